The quantitative estimate of drug-likeness (QED) is 0.725. The molecule has 2 rings (SSSR count). The summed E-state index contributed by atoms with van der Waals surface area (Å²) in [6, 6.07) is 7.15. The lowest BCUT2D eigenvalue weighted by molar-refractivity contribution is 0.291. The minimum absolute atomic E-state index is 0.147. The van der Waals surface area contributed by atoms with Gasteiger partial charge in [0.25, 0.3) is 9.05 Å². The van der Waals surface area contributed by atoms with Gasteiger partial charge in [0, 0.05) is 20.7 Å². The highest BCUT2D eigenvalue weighted by molar-refractivity contribution is 9.10. The van der Waals surface area contributed by atoms with E-state index in [2.05, 4.69) is 15.9 Å². The predicted octanol–water partition coefficient (Wildman–Crippen LogP) is 4.23. The van der Waals surface area contributed by atoms with Crippen LogP contribution in [0.25, 0.3) is 0 Å². The zero-order valence-corrected chi connectivity index (χ0v) is 13.5. The summed E-state index contributed by atoms with van der Waals surface area (Å²) in [6.45, 7) is -0.226. The average molecular weight is 398 g/mol. The van der Waals surface area contributed by atoms with Crippen LogP contribution in [0.5, 0.6) is 5.75 Å². The monoisotopic (exact) mass is 396 g/mol. The summed E-state index contributed by atoms with van der Waals surface area (Å²) in [5, 5.41) is 0. The minimum Gasteiger partial charge on any atom is -0.487 e. The fourth-order valence-electron chi connectivity index (χ4n) is 1.60. The van der Waals surface area contributed by atoms with Crippen LogP contribution in [-0.2, 0) is 15.7 Å². The van der Waals surface area contributed by atoms with Crippen LogP contribution in [0.4, 0.5) is 8.78 Å². The smallest absolute Gasteiger partial charge is 0.265 e. The first-order valence-corrected chi connectivity index (χ1v) is 8.68. The fourth-order valence-corrected chi connectivity index (χ4v) is 2.99. The molecule has 0 aromatic heterocycles. The highest BCUT2D eigenvalue weighted by Crippen LogP contribution is 2.29. The number of halogens is 4. The van der Waals surface area contributed by atoms with Gasteiger partial charge in [-0.25, -0.2) is 17.2 Å². The number of hydrogen-bond donors (Lipinski definition) is 0. The van der Waals surface area contributed by atoms with Gasteiger partial charge in [0.15, 0.2) is 0 Å². The van der Waals surface area contributed by atoms with Crippen molar-refractivity contribution in [3.63, 3.8) is 0 Å². The Labute approximate surface area is 133 Å². The Bertz CT molecular complexity index is 781. The lowest BCUT2D eigenvalue weighted by Gasteiger charge is -2.10. The van der Waals surface area contributed by atoms with Crippen molar-refractivity contribution in [1.29, 1.82) is 0 Å². The third-order valence-corrected chi connectivity index (χ3v) is 4.40. The summed E-state index contributed by atoms with van der Waals surface area (Å²) < 4.78 is 55.3. The number of ether oxygens (including phenoxy) is 1. The molecule has 8 heteroatoms. The topological polar surface area (TPSA) is 43.4 Å². The molecule has 2 aromatic rings. The van der Waals surface area contributed by atoms with Crippen molar-refractivity contribution in [1.82, 2.24) is 0 Å². The first kappa shape index (κ1) is 16.2. The molecule has 0 N–H and O–H groups in total. The van der Waals surface area contributed by atoms with Crippen LogP contribution in [0.2, 0.25) is 0 Å². The van der Waals surface area contributed by atoms with Crippen LogP contribution in [0.3, 0.4) is 0 Å². The minimum atomic E-state index is -4.17. The van der Waals surface area contributed by atoms with E-state index in [1.54, 1.807) is 0 Å². The van der Waals surface area contributed by atoms with Crippen molar-refractivity contribution >= 4 is 35.7 Å². The molecule has 0 aliphatic rings. The number of benzene rings is 2. The third kappa shape index (κ3) is 4.15. The van der Waals surface area contributed by atoms with E-state index in [1.807, 2.05) is 0 Å². The van der Waals surface area contributed by atoms with Gasteiger partial charge < -0.3 is 4.74 Å². The van der Waals surface area contributed by atoms with E-state index in [0.29, 0.717) is 4.47 Å². The standard InChI is InChI=1S/C13H8BrClF2O3S/c14-9-1-3-11(17)8(5-9)7-20-12-4-2-10(16)6-13(12)21(15,18)19/h1-6H,7H2. The van der Waals surface area contributed by atoms with Crippen LogP contribution in [-0.4, -0.2) is 8.42 Å². The van der Waals surface area contributed by atoms with E-state index in [0.717, 1.165) is 18.2 Å². The van der Waals surface area contributed by atoms with Crippen LogP contribution >= 0.6 is 26.6 Å². The maximum Gasteiger partial charge on any atom is 0.265 e. The fraction of sp³-hybridized carbons (Fsp3) is 0.0769. The molecule has 0 aliphatic carbocycles. The number of rotatable bonds is 4. The van der Waals surface area contributed by atoms with Crippen LogP contribution in [0.1, 0.15) is 5.56 Å². The molecule has 112 valence electrons. The Morgan fingerprint density at radius 2 is 1.86 bits per heavy atom. The van der Waals surface area contributed by atoms with E-state index in [4.69, 9.17) is 15.4 Å². The molecule has 0 radical (unpaired) electrons. The van der Waals surface area contributed by atoms with Gasteiger partial charge in [-0.1, -0.05) is 15.9 Å². The molecular weight excluding hydrogens is 390 g/mol. The summed E-state index contributed by atoms with van der Waals surface area (Å²) in [5.41, 5.74) is 0.214. The SMILES string of the molecule is O=S(=O)(Cl)c1cc(F)ccc1OCc1cc(Br)ccc1F. The Hall–Kier alpha value is -1.18. The normalized spacial score (nSPS) is 11.4. The molecule has 0 aliphatic heterocycles. The summed E-state index contributed by atoms with van der Waals surface area (Å²) in [4.78, 5) is -0.500. The van der Waals surface area contributed by atoms with Gasteiger partial charge in [-0.2, -0.15) is 0 Å². The van der Waals surface area contributed by atoms with Crippen molar-refractivity contribution in [2.75, 3.05) is 0 Å². The second kappa shape index (κ2) is 6.29. The first-order valence-electron chi connectivity index (χ1n) is 5.58. The lowest BCUT2D eigenvalue weighted by Crippen LogP contribution is -2.03. The van der Waals surface area contributed by atoms with Gasteiger partial charge in [0.1, 0.15) is 28.9 Å². The maximum atomic E-state index is 13.6. The highest BCUT2D eigenvalue weighted by atomic mass is 79.9. The van der Waals surface area contributed by atoms with E-state index >= 15 is 0 Å². The van der Waals surface area contributed by atoms with Gasteiger partial charge in [-0.05, 0) is 36.4 Å². The molecular formula is C13H8BrClF2O3S. The van der Waals surface area contributed by atoms with Gasteiger partial charge >= 0.3 is 0 Å². The molecule has 3 nitrogen and oxygen atoms in total. The zero-order chi connectivity index (χ0) is 15.6. The van der Waals surface area contributed by atoms with Gasteiger partial charge in [0.2, 0.25) is 0 Å². The Kier molecular flexibility index (Phi) is 4.85. The second-order valence-electron chi connectivity index (χ2n) is 4.05. The Balaban J connectivity index is 2.30. The molecule has 0 unspecified atom stereocenters. The van der Waals surface area contributed by atoms with E-state index < -0.39 is 25.6 Å². The van der Waals surface area contributed by atoms with E-state index in [-0.39, 0.29) is 17.9 Å². The Morgan fingerprint density at radius 1 is 1.14 bits per heavy atom. The molecule has 0 fully saturated rings. The molecule has 0 spiro atoms. The molecule has 21 heavy (non-hydrogen) atoms. The second-order valence-corrected chi connectivity index (χ2v) is 7.50. The summed E-state index contributed by atoms with van der Waals surface area (Å²) in [6.07, 6.45) is 0. The first-order chi connectivity index (χ1) is 9.77. The van der Waals surface area contributed by atoms with Crippen molar-refractivity contribution < 1.29 is 21.9 Å². The predicted molar refractivity (Wildman–Crippen MR) is 77.9 cm³/mol. The highest BCUT2D eigenvalue weighted by Gasteiger charge is 2.18. The van der Waals surface area contributed by atoms with Crippen molar-refractivity contribution in [2.24, 2.45) is 0 Å². The van der Waals surface area contributed by atoms with Crippen molar-refractivity contribution in [2.45, 2.75) is 11.5 Å². The zero-order valence-electron chi connectivity index (χ0n) is 10.3. The van der Waals surface area contributed by atoms with Gasteiger partial charge in [-0.15, -0.1) is 0 Å². The summed E-state index contributed by atoms with van der Waals surface area (Å²) in [7, 11) is 1.04. The molecule has 0 saturated carbocycles. The summed E-state index contributed by atoms with van der Waals surface area (Å²) >= 11 is 3.19. The van der Waals surface area contributed by atoms with E-state index in [1.165, 1.54) is 18.2 Å². The summed E-state index contributed by atoms with van der Waals surface area (Å²) in [5.74, 6) is -1.42. The van der Waals surface area contributed by atoms with Crippen LogP contribution in [0, 0.1) is 11.6 Å². The lowest BCUT2D eigenvalue weighted by atomic mass is 10.2. The third-order valence-electron chi connectivity index (χ3n) is 2.56. The molecule has 0 amide bonds. The van der Waals surface area contributed by atoms with Gasteiger partial charge in [0.05, 0.1) is 0 Å². The molecule has 0 bridgehead atoms. The number of hydrogen-bond acceptors (Lipinski definition) is 3. The molecule has 0 atom stereocenters. The molecule has 2 aromatic carbocycles. The average Bonchev–Trinajstić information content (AvgIpc) is 2.40. The van der Waals surface area contributed by atoms with Crippen LogP contribution in [0.15, 0.2) is 45.8 Å². The van der Waals surface area contributed by atoms with E-state index in [9.17, 15) is 17.2 Å². The van der Waals surface area contributed by atoms with Crippen molar-refractivity contribution in [3.05, 3.63) is 58.1 Å². The van der Waals surface area contributed by atoms with Gasteiger partial charge in [-0.3, -0.25) is 0 Å². The van der Waals surface area contributed by atoms with Crippen molar-refractivity contribution in [3.8, 4) is 5.75 Å². The molecule has 0 saturated heterocycles. The largest absolute Gasteiger partial charge is 0.487 e. The van der Waals surface area contributed by atoms with Crippen LogP contribution < -0.4 is 4.74 Å². The Morgan fingerprint density at radius 3 is 2.52 bits per heavy atom. The molecule has 0 heterocycles. The maximum absolute atomic E-state index is 13.6.